The number of alkyl halides is 1. The van der Waals surface area contributed by atoms with E-state index >= 15 is 0 Å². The Kier molecular flexibility index (Phi) is 4.88. The number of unbranched alkanes of at least 4 members (excludes halogenated alkanes) is 1. The molecule has 0 saturated carbocycles. The lowest BCUT2D eigenvalue weighted by atomic mass is 10.1. The van der Waals surface area contributed by atoms with Crippen LogP contribution in [-0.2, 0) is 4.74 Å². The fourth-order valence-electron chi connectivity index (χ4n) is 1.55. The van der Waals surface area contributed by atoms with Gasteiger partial charge in [0.15, 0.2) is 0 Å². The molecule has 18 heavy (non-hydrogen) atoms. The lowest BCUT2D eigenvalue weighted by Crippen LogP contribution is -2.01. The number of benzene rings is 1. The third-order valence-corrected chi connectivity index (χ3v) is 5.26. The Bertz CT molecular complexity index is 529. The van der Waals surface area contributed by atoms with Crippen molar-refractivity contribution in [3.63, 3.8) is 0 Å². The van der Waals surface area contributed by atoms with Crippen molar-refractivity contribution in [2.75, 3.05) is 11.0 Å². The molecule has 0 aliphatic carbocycles. The molecule has 0 spiro atoms. The quantitative estimate of drug-likeness (QED) is 0.473. The van der Waals surface area contributed by atoms with E-state index < -0.39 is 0 Å². The maximum atomic E-state index is 8.87. The zero-order valence-corrected chi connectivity index (χ0v) is 12.5. The van der Waals surface area contributed by atoms with Crippen LogP contribution < -0.4 is 0 Å². The van der Waals surface area contributed by atoms with Gasteiger partial charge in [0, 0.05) is 5.56 Å². The molecule has 2 rings (SSSR count). The van der Waals surface area contributed by atoms with Crippen molar-refractivity contribution in [3.05, 3.63) is 35.4 Å². The number of halogens is 1. The Balaban J connectivity index is 2.12. The highest BCUT2D eigenvalue weighted by Gasteiger charge is 2.14. The van der Waals surface area contributed by atoms with E-state index in [1.807, 2.05) is 18.2 Å². The largest absolute Gasteiger partial charge is 0.470 e. The fourth-order valence-corrected chi connectivity index (χ4v) is 4.08. The van der Waals surface area contributed by atoms with E-state index in [0.29, 0.717) is 18.1 Å². The monoisotopic (exact) mass is 354 g/mol. The summed E-state index contributed by atoms with van der Waals surface area (Å²) in [5.74, 6) is 0.679. The predicted molar refractivity (Wildman–Crippen MR) is 82.4 cm³/mol. The molecule has 0 aromatic heterocycles. The Morgan fingerprint density at radius 2 is 2.39 bits per heavy atom. The number of ether oxygens (including phenoxy) is 1. The van der Waals surface area contributed by atoms with Crippen LogP contribution in [-0.4, -0.2) is 20.6 Å². The number of nitrogens with zero attached hydrogens (tertiary/aromatic N) is 2. The third kappa shape index (κ3) is 3.39. The van der Waals surface area contributed by atoms with Gasteiger partial charge in [-0.1, -0.05) is 40.1 Å². The first-order valence-electron chi connectivity index (χ1n) is 6.00. The zero-order valence-electron chi connectivity index (χ0n) is 10.3. The second-order valence-corrected chi connectivity index (χ2v) is 7.04. The summed E-state index contributed by atoms with van der Waals surface area (Å²) in [5.41, 5.74) is 1.55. The molecule has 1 aromatic carbocycles. The number of rotatable bonds is 4. The molecule has 0 atom stereocenters. The molecule has 1 heterocycles. The second kappa shape index (κ2) is 6.64. The van der Waals surface area contributed by atoms with Crippen molar-refractivity contribution >= 4 is 30.3 Å². The molecular weight excluding hydrogens is 339 g/mol. The maximum Gasteiger partial charge on any atom is 0.221 e. The van der Waals surface area contributed by atoms with Crippen molar-refractivity contribution in [1.82, 2.24) is 0 Å². The summed E-state index contributed by atoms with van der Waals surface area (Å²) in [6.07, 6.45) is 2.53. The lowest BCUT2D eigenvalue weighted by Gasteiger charge is -2.00. The van der Waals surface area contributed by atoms with Gasteiger partial charge in [-0.25, -0.2) is 4.99 Å². The van der Waals surface area contributed by atoms with Crippen LogP contribution in [0.25, 0.3) is 0 Å². The first-order chi connectivity index (χ1) is 8.83. The SMILES string of the molecule is CCCCI=C1COC(c2cccc(C#N)c2)=N1. The minimum absolute atomic E-state index is 0.0233. The topological polar surface area (TPSA) is 45.4 Å². The molecular formula is C14H15IN2O. The normalized spacial score (nSPS) is 16.7. The van der Waals surface area contributed by atoms with E-state index in [4.69, 9.17) is 10.00 Å². The minimum atomic E-state index is 0.0233. The summed E-state index contributed by atoms with van der Waals surface area (Å²) < 4.78 is 8.12. The van der Waals surface area contributed by atoms with Crippen molar-refractivity contribution in [2.24, 2.45) is 4.99 Å². The number of hydrogen-bond donors (Lipinski definition) is 0. The van der Waals surface area contributed by atoms with Gasteiger partial charge >= 0.3 is 0 Å². The van der Waals surface area contributed by atoms with E-state index in [9.17, 15) is 0 Å². The van der Waals surface area contributed by atoms with Crippen LogP contribution in [0.15, 0.2) is 29.3 Å². The van der Waals surface area contributed by atoms with E-state index in [0.717, 1.165) is 5.56 Å². The number of nitriles is 1. The summed E-state index contributed by atoms with van der Waals surface area (Å²) in [7, 11) is 0. The van der Waals surface area contributed by atoms with Gasteiger partial charge in [0.1, 0.15) is 10.2 Å². The van der Waals surface area contributed by atoms with Crippen molar-refractivity contribution in [1.29, 1.82) is 5.26 Å². The van der Waals surface area contributed by atoms with Gasteiger partial charge in [0.05, 0.1) is 11.6 Å². The molecule has 1 aromatic rings. The Labute approximate surface area is 117 Å². The van der Waals surface area contributed by atoms with Gasteiger partial charge in [0.25, 0.3) is 0 Å². The van der Waals surface area contributed by atoms with E-state index in [1.165, 1.54) is 20.9 Å². The first kappa shape index (κ1) is 13.2. The van der Waals surface area contributed by atoms with Crippen LogP contribution in [0.4, 0.5) is 0 Å². The lowest BCUT2D eigenvalue weighted by molar-refractivity contribution is 0.383. The highest BCUT2D eigenvalue weighted by atomic mass is 127. The van der Waals surface area contributed by atoms with Gasteiger partial charge in [-0.2, -0.15) is 5.26 Å². The standard InChI is InChI=1S/C14H15IN2O/c1-2-3-7-15-13-10-18-14(17-13)12-6-4-5-11(8-12)9-16/h4-6,8H,2-3,7,10H2,1H3. The van der Waals surface area contributed by atoms with Crippen LogP contribution in [0.3, 0.4) is 0 Å². The van der Waals surface area contributed by atoms with Gasteiger partial charge in [-0.15, -0.1) is 0 Å². The predicted octanol–water partition coefficient (Wildman–Crippen LogP) is 3.24. The number of hydrogen-bond acceptors (Lipinski definition) is 3. The van der Waals surface area contributed by atoms with Crippen LogP contribution in [0.1, 0.15) is 30.9 Å². The van der Waals surface area contributed by atoms with Crippen LogP contribution in [0.5, 0.6) is 0 Å². The summed E-state index contributed by atoms with van der Waals surface area (Å²) in [4.78, 5) is 4.56. The molecule has 0 saturated heterocycles. The molecule has 0 fully saturated rings. The van der Waals surface area contributed by atoms with E-state index in [2.05, 4.69) is 18.0 Å². The van der Waals surface area contributed by atoms with Crippen LogP contribution in [0, 0.1) is 11.3 Å². The molecule has 94 valence electrons. The van der Waals surface area contributed by atoms with Gasteiger partial charge in [-0.3, -0.25) is 0 Å². The average molecular weight is 354 g/mol. The molecule has 1 aliphatic heterocycles. The minimum Gasteiger partial charge on any atom is -0.470 e. The zero-order chi connectivity index (χ0) is 12.8. The molecule has 0 amide bonds. The van der Waals surface area contributed by atoms with Crippen LogP contribution in [0.2, 0.25) is 0 Å². The molecule has 1 aliphatic rings. The van der Waals surface area contributed by atoms with Crippen molar-refractivity contribution in [3.8, 4) is 6.07 Å². The Morgan fingerprint density at radius 3 is 3.17 bits per heavy atom. The fraction of sp³-hybridized carbons (Fsp3) is 0.357. The van der Waals surface area contributed by atoms with Gasteiger partial charge in [-0.05, 0) is 29.0 Å². The van der Waals surface area contributed by atoms with Crippen molar-refractivity contribution in [2.45, 2.75) is 19.8 Å². The molecule has 0 bridgehead atoms. The van der Waals surface area contributed by atoms with E-state index in [1.54, 1.807) is 6.07 Å². The summed E-state index contributed by atoms with van der Waals surface area (Å²) in [5, 5.41) is 8.87. The average Bonchev–Trinajstić information content (AvgIpc) is 2.88. The Hall–Kier alpha value is -1.22. The third-order valence-electron chi connectivity index (χ3n) is 2.53. The highest BCUT2D eigenvalue weighted by molar-refractivity contribution is 14.2. The summed E-state index contributed by atoms with van der Waals surface area (Å²) >= 11 is 0.0233. The first-order valence-corrected chi connectivity index (χ1v) is 8.61. The molecule has 0 radical (unpaired) electrons. The summed E-state index contributed by atoms with van der Waals surface area (Å²) in [6, 6.07) is 9.55. The van der Waals surface area contributed by atoms with Crippen LogP contribution >= 0.6 is 20.7 Å². The maximum absolute atomic E-state index is 8.87. The van der Waals surface area contributed by atoms with E-state index in [-0.39, 0.29) is 20.7 Å². The molecule has 0 N–H and O–H groups in total. The second-order valence-electron chi connectivity index (χ2n) is 3.95. The Morgan fingerprint density at radius 1 is 1.50 bits per heavy atom. The molecule has 0 unspecified atom stereocenters. The van der Waals surface area contributed by atoms with Gasteiger partial charge < -0.3 is 4.74 Å². The van der Waals surface area contributed by atoms with Gasteiger partial charge in [0.2, 0.25) is 5.90 Å². The highest BCUT2D eigenvalue weighted by Crippen LogP contribution is 2.15. The molecule has 3 nitrogen and oxygen atoms in total. The number of aliphatic imine (C=N–C) groups is 1. The molecule has 4 heteroatoms. The smallest absolute Gasteiger partial charge is 0.221 e. The van der Waals surface area contributed by atoms with Crippen molar-refractivity contribution < 1.29 is 4.74 Å². The summed E-state index contributed by atoms with van der Waals surface area (Å²) in [6.45, 7) is 2.85.